The fourth-order valence-electron chi connectivity index (χ4n) is 3.84. The van der Waals surface area contributed by atoms with E-state index in [1.54, 1.807) is 6.26 Å². The van der Waals surface area contributed by atoms with Crippen LogP contribution in [0.1, 0.15) is 25.0 Å². The van der Waals surface area contributed by atoms with Crippen LogP contribution in [0.25, 0.3) is 11.5 Å². The lowest BCUT2D eigenvalue weighted by Gasteiger charge is -2.33. The molecule has 1 amide bonds. The minimum absolute atomic E-state index is 0.0552. The molecule has 0 aliphatic carbocycles. The lowest BCUT2D eigenvalue weighted by molar-refractivity contribution is -0.123. The van der Waals surface area contributed by atoms with Gasteiger partial charge in [0, 0.05) is 12.1 Å². The zero-order chi connectivity index (χ0) is 17.1. The number of carbonyl (C=O) groups is 1. The third-order valence-electron chi connectivity index (χ3n) is 5.36. The van der Waals surface area contributed by atoms with Crippen molar-refractivity contribution in [3.63, 3.8) is 0 Å². The summed E-state index contributed by atoms with van der Waals surface area (Å²) in [5.41, 5.74) is 1.97. The van der Waals surface area contributed by atoms with Gasteiger partial charge >= 0.3 is 0 Å². The zero-order valence-corrected chi connectivity index (χ0v) is 14.3. The molecule has 6 nitrogen and oxygen atoms in total. The Bertz CT molecular complexity index is 722. The first-order valence-electron chi connectivity index (χ1n) is 8.96. The van der Waals surface area contributed by atoms with E-state index < -0.39 is 0 Å². The number of hydrogen-bond donors (Lipinski definition) is 3. The summed E-state index contributed by atoms with van der Waals surface area (Å²) in [6.45, 7) is 3.44. The fraction of sp³-hybridized carbons (Fsp3) is 0.474. The summed E-state index contributed by atoms with van der Waals surface area (Å²) in [6, 6.07) is 9.66. The van der Waals surface area contributed by atoms with Gasteiger partial charge in [0.05, 0.1) is 18.3 Å². The first kappa shape index (κ1) is 16.3. The van der Waals surface area contributed by atoms with E-state index in [9.17, 15) is 4.79 Å². The van der Waals surface area contributed by atoms with Gasteiger partial charge in [-0.2, -0.15) is 0 Å². The second kappa shape index (κ2) is 6.98. The molecular formula is C19H24N4O2. The summed E-state index contributed by atoms with van der Waals surface area (Å²) >= 11 is 0. The van der Waals surface area contributed by atoms with Crippen LogP contribution in [0.3, 0.4) is 0 Å². The molecule has 1 spiro atoms. The van der Waals surface area contributed by atoms with E-state index in [-0.39, 0.29) is 11.9 Å². The predicted molar refractivity (Wildman–Crippen MR) is 94.7 cm³/mol. The van der Waals surface area contributed by atoms with Crippen LogP contribution in [0, 0.1) is 5.41 Å². The molecule has 0 bridgehead atoms. The van der Waals surface area contributed by atoms with E-state index in [1.807, 2.05) is 30.3 Å². The highest BCUT2D eigenvalue weighted by Crippen LogP contribution is 2.37. The topological polar surface area (TPSA) is 79.2 Å². The molecule has 3 heterocycles. The quantitative estimate of drug-likeness (QED) is 0.789. The normalized spacial score (nSPS) is 22.2. The molecule has 132 valence electrons. The number of aromatic nitrogens is 1. The zero-order valence-electron chi connectivity index (χ0n) is 14.3. The van der Waals surface area contributed by atoms with E-state index in [0.29, 0.717) is 17.9 Å². The van der Waals surface area contributed by atoms with Crippen molar-refractivity contribution in [1.29, 1.82) is 0 Å². The minimum Gasteiger partial charge on any atom is -0.444 e. The van der Waals surface area contributed by atoms with Crippen LogP contribution in [0.15, 0.2) is 41.0 Å². The molecule has 0 saturated carbocycles. The Labute approximate surface area is 147 Å². The van der Waals surface area contributed by atoms with Gasteiger partial charge in [0.15, 0.2) is 0 Å². The number of hydrogen-bond acceptors (Lipinski definition) is 5. The molecule has 2 aliphatic heterocycles. The highest BCUT2D eigenvalue weighted by Gasteiger charge is 2.41. The highest BCUT2D eigenvalue weighted by molar-refractivity contribution is 5.82. The predicted octanol–water partition coefficient (Wildman–Crippen LogP) is 1.69. The van der Waals surface area contributed by atoms with E-state index in [0.717, 1.165) is 50.2 Å². The summed E-state index contributed by atoms with van der Waals surface area (Å²) in [4.78, 5) is 16.9. The van der Waals surface area contributed by atoms with Gasteiger partial charge in [-0.1, -0.05) is 18.2 Å². The minimum atomic E-state index is -0.0985. The van der Waals surface area contributed by atoms with Crippen LogP contribution in [-0.4, -0.2) is 36.6 Å². The third kappa shape index (κ3) is 3.60. The molecule has 25 heavy (non-hydrogen) atoms. The molecule has 4 rings (SSSR count). The van der Waals surface area contributed by atoms with Crippen LogP contribution in [-0.2, 0) is 11.3 Å². The maximum absolute atomic E-state index is 12.5. The van der Waals surface area contributed by atoms with Gasteiger partial charge in [-0.25, -0.2) is 4.98 Å². The summed E-state index contributed by atoms with van der Waals surface area (Å²) in [5, 5.41) is 9.78. The lowest BCUT2D eigenvalue weighted by Crippen LogP contribution is -2.40. The molecular weight excluding hydrogens is 316 g/mol. The van der Waals surface area contributed by atoms with Gasteiger partial charge < -0.3 is 20.4 Å². The van der Waals surface area contributed by atoms with Crippen molar-refractivity contribution in [3.8, 4) is 11.5 Å². The number of nitrogens with one attached hydrogen (secondary N) is 3. The molecule has 3 N–H and O–H groups in total. The molecule has 6 heteroatoms. The smallest absolute Gasteiger partial charge is 0.237 e. The van der Waals surface area contributed by atoms with Gasteiger partial charge in [-0.15, -0.1) is 0 Å². The average Bonchev–Trinajstić information content (AvgIpc) is 3.29. The third-order valence-corrected chi connectivity index (χ3v) is 5.36. The Hall–Kier alpha value is -2.18. The van der Waals surface area contributed by atoms with Gasteiger partial charge in [-0.3, -0.25) is 4.79 Å². The molecule has 2 aliphatic rings. The molecule has 2 aromatic rings. The molecule has 2 fully saturated rings. The summed E-state index contributed by atoms with van der Waals surface area (Å²) in [6.07, 6.45) is 4.83. The van der Waals surface area contributed by atoms with Gasteiger partial charge in [-0.05, 0) is 49.9 Å². The maximum atomic E-state index is 12.5. The Morgan fingerprint density at radius 3 is 2.88 bits per heavy atom. The van der Waals surface area contributed by atoms with Crippen molar-refractivity contribution in [2.75, 3.05) is 19.6 Å². The Balaban J connectivity index is 1.31. The Morgan fingerprint density at radius 2 is 2.08 bits per heavy atom. The van der Waals surface area contributed by atoms with E-state index in [4.69, 9.17) is 4.42 Å². The van der Waals surface area contributed by atoms with E-state index in [2.05, 4.69) is 20.9 Å². The van der Waals surface area contributed by atoms with Crippen LogP contribution in [0.5, 0.6) is 0 Å². The first-order valence-corrected chi connectivity index (χ1v) is 8.96. The van der Waals surface area contributed by atoms with E-state index in [1.165, 1.54) is 0 Å². The number of piperidine rings is 1. The van der Waals surface area contributed by atoms with Crippen LogP contribution in [0.2, 0.25) is 0 Å². The summed E-state index contributed by atoms with van der Waals surface area (Å²) < 4.78 is 5.51. The van der Waals surface area contributed by atoms with Crippen molar-refractivity contribution < 1.29 is 9.21 Å². The number of amides is 1. The number of carbonyl (C=O) groups excluding carboxylic acids is 1. The second-order valence-corrected chi connectivity index (χ2v) is 7.12. The van der Waals surface area contributed by atoms with Crippen molar-refractivity contribution in [2.24, 2.45) is 5.41 Å². The molecule has 1 aromatic carbocycles. The van der Waals surface area contributed by atoms with Crippen molar-refractivity contribution in [3.05, 3.63) is 42.3 Å². The summed E-state index contributed by atoms with van der Waals surface area (Å²) in [5.74, 6) is 0.636. The fourth-order valence-corrected chi connectivity index (χ4v) is 3.84. The average molecular weight is 340 g/mol. The Kier molecular flexibility index (Phi) is 4.55. The molecule has 0 radical (unpaired) electrons. The Morgan fingerprint density at radius 1 is 1.28 bits per heavy atom. The van der Waals surface area contributed by atoms with Gasteiger partial charge in [0.2, 0.25) is 11.8 Å². The molecule has 1 unspecified atom stereocenters. The van der Waals surface area contributed by atoms with Crippen molar-refractivity contribution >= 4 is 5.91 Å². The number of rotatable bonds is 4. The van der Waals surface area contributed by atoms with Crippen LogP contribution in [0.4, 0.5) is 0 Å². The number of nitrogens with zero attached hydrogens (tertiary/aromatic N) is 1. The molecule has 2 saturated heterocycles. The summed E-state index contributed by atoms with van der Waals surface area (Å²) in [7, 11) is 0. The van der Waals surface area contributed by atoms with Crippen LogP contribution >= 0.6 is 0 Å². The lowest BCUT2D eigenvalue weighted by atomic mass is 9.77. The molecule has 1 aromatic heterocycles. The maximum Gasteiger partial charge on any atom is 0.237 e. The van der Waals surface area contributed by atoms with Crippen LogP contribution < -0.4 is 16.0 Å². The van der Waals surface area contributed by atoms with E-state index >= 15 is 0 Å². The SMILES string of the molecule is O=C(NCc1coc(-c2ccccc2)n1)C1CC2(CCNCC2)CN1. The number of benzene rings is 1. The van der Waals surface area contributed by atoms with Crippen molar-refractivity contribution in [2.45, 2.75) is 31.8 Å². The standard InChI is InChI=1S/C19H24N4O2/c24-17(16-10-19(13-22-16)6-8-20-9-7-19)21-11-15-12-25-18(23-15)14-4-2-1-3-5-14/h1-5,12,16,20,22H,6-11,13H2,(H,21,24). The van der Waals surface area contributed by atoms with Gasteiger partial charge in [0.25, 0.3) is 0 Å². The monoisotopic (exact) mass is 340 g/mol. The second-order valence-electron chi connectivity index (χ2n) is 7.12. The first-order chi connectivity index (χ1) is 12.2. The largest absolute Gasteiger partial charge is 0.444 e. The van der Waals surface area contributed by atoms with Gasteiger partial charge in [0.1, 0.15) is 6.26 Å². The number of oxazole rings is 1. The highest BCUT2D eigenvalue weighted by atomic mass is 16.3. The molecule has 1 atom stereocenters. The van der Waals surface area contributed by atoms with Crippen molar-refractivity contribution in [1.82, 2.24) is 20.9 Å².